The molecular formula is C21H24O3. The van der Waals surface area contributed by atoms with Gasteiger partial charge in [-0.05, 0) is 55.2 Å². The van der Waals surface area contributed by atoms with E-state index in [1.807, 2.05) is 49.4 Å². The third kappa shape index (κ3) is 4.66. The van der Waals surface area contributed by atoms with Crippen LogP contribution in [0.15, 0.2) is 48.6 Å². The molecule has 1 N–H and O–H groups in total. The average Bonchev–Trinajstić information content (AvgIpc) is 2.58. The molecule has 0 aliphatic carbocycles. The second-order valence-electron chi connectivity index (χ2n) is 5.78. The van der Waals surface area contributed by atoms with Gasteiger partial charge in [-0.2, -0.15) is 0 Å². The molecule has 2 aromatic carbocycles. The molecule has 0 unspecified atom stereocenters. The minimum atomic E-state index is 0.255. The highest BCUT2D eigenvalue weighted by Crippen LogP contribution is 2.32. The summed E-state index contributed by atoms with van der Waals surface area (Å²) in [7, 11) is 3.27. The Kier molecular flexibility index (Phi) is 6.07. The zero-order valence-electron chi connectivity index (χ0n) is 14.5. The van der Waals surface area contributed by atoms with E-state index in [0.717, 1.165) is 34.4 Å². The number of aromatic hydroxyl groups is 1. The smallest absolute Gasteiger partial charge is 0.126 e. The van der Waals surface area contributed by atoms with Crippen molar-refractivity contribution in [3.63, 3.8) is 0 Å². The highest BCUT2D eigenvalue weighted by atomic mass is 16.5. The quantitative estimate of drug-likeness (QED) is 0.569. The number of allylic oxidation sites excluding steroid dienone is 1. The van der Waals surface area contributed by atoms with Crippen molar-refractivity contribution >= 4 is 12.2 Å². The fraction of sp³-hybridized carbons (Fsp3) is 0.238. The zero-order chi connectivity index (χ0) is 17.5. The summed E-state index contributed by atoms with van der Waals surface area (Å²) in [5.74, 6) is 1.78. The molecule has 0 saturated carbocycles. The van der Waals surface area contributed by atoms with Gasteiger partial charge in [0.15, 0.2) is 0 Å². The first-order chi connectivity index (χ1) is 11.5. The van der Waals surface area contributed by atoms with Crippen LogP contribution in [0.3, 0.4) is 0 Å². The first-order valence-electron chi connectivity index (χ1n) is 7.90. The van der Waals surface area contributed by atoms with Crippen LogP contribution in [-0.4, -0.2) is 19.3 Å². The minimum Gasteiger partial charge on any atom is -0.508 e. The van der Waals surface area contributed by atoms with Crippen molar-refractivity contribution in [3.8, 4) is 17.2 Å². The van der Waals surface area contributed by atoms with Gasteiger partial charge in [0.25, 0.3) is 0 Å². The van der Waals surface area contributed by atoms with Crippen LogP contribution in [0.5, 0.6) is 17.2 Å². The molecule has 2 rings (SSSR count). The van der Waals surface area contributed by atoms with Crippen LogP contribution in [0.25, 0.3) is 12.2 Å². The Morgan fingerprint density at radius 2 is 1.71 bits per heavy atom. The molecule has 0 bridgehead atoms. The van der Waals surface area contributed by atoms with E-state index in [9.17, 15) is 5.11 Å². The minimum absolute atomic E-state index is 0.255. The molecule has 0 amide bonds. The third-order valence-corrected chi connectivity index (χ3v) is 3.81. The van der Waals surface area contributed by atoms with Crippen LogP contribution in [-0.2, 0) is 6.42 Å². The number of hydrogen-bond donors (Lipinski definition) is 1. The molecule has 0 spiro atoms. The number of benzene rings is 2. The summed E-state index contributed by atoms with van der Waals surface area (Å²) < 4.78 is 10.6. The largest absolute Gasteiger partial charge is 0.508 e. The lowest BCUT2D eigenvalue weighted by atomic mass is 10.0. The van der Waals surface area contributed by atoms with E-state index >= 15 is 0 Å². The van der Waals surface area contributed by atoms with Gasteiger partial charge in [0.1, 0.15) is 17.2 Å². The maximum atomic E-state index is 10.3. The number of phenols is 1. The van der Waals surface area contributed by atoms with E-state index in [2.05, 4.69) is 6.58 Å². The highest BCUT2D eigenvalue weighted by molar-refractivity contribution is 5.72. The summed E-state index contributed by atoms with van der Waals surface area (Å²) in [5.41, 5.74) is 3.85. The maximum absolute atomic E-state index is 10.3. The molecule has 0 heterocycles. The van der Waals surface area contributed by atoms with Gasteiger partial charge in [-0.1, -0.05) is 29.9 Å². The van der Waals surface area contributed by atoms with Gasteiger partial charge < -0.3 is 14.6 Å². The summed E-state index contributed by atoms with van der Waals surface area (Å²) >= 11 is 0. The standard InChI is InChI=1S/C21H24O3/c1-15(2)5-12-19-20(22)13-17(14-21(19)24-4)7-6-16-8-10-18(23-3)11-9-16/h6-11,13-14,22H,1,5,12H2,2-4H3. The lowest BCUT2D eigenvalue weighted by Crippen LogP contribution is -1.95. The fourth-order valence-electron chi connectivity index (χ4n) is 2.43. The Balaban J connectivity index is 2.22. The molecule has 0 atom stereocenters. The summed E-state index contributed by atoms with van der Waals surface area (Å²) in [4.78, 5) is 0. The molecule has 0 radical (unpaired) electrons. The molecule has 2 aromatic rings. The monoisotopic (exact) mass is 324 g/mol. The summed E-state index contributed by atoms with van der Waals surface area (Å²) in [5, 5.41) is 10.3. The predicted molar refractivity (Wildman–Crippen MR) is 99.7 cm³/mol. The van der Waals surface area contributed by atoms with Crippen molar-refractivity contribution in [1.82, 2.24) is 0 Å². The molecule has 0 aliphatic rings. The topological polar surface area (TPSA) is 38.7 Å². The number of rotatable bonds is 7. The van der Waals surface area contributed by atoms with E-state index < -0.39 is 0 Å². The number of ether oxygens (including phenoxy) is 2. The molecule has 3 nitrogen and oxygen atoms in total. The summed E-state index contributed by atoms with van der Waals surface area (Å²) in [6.45, 7) is 5.89. The average molecular weight is 324 g/mol. The van der Waals surface area contributed by atoms with Crippen LogP contribution < -0.4 is 9.47 Å². The Morgan fingerprint density at radius 3 is 2.29 bits per heavy atom. The van der Waals surface area contributed by atoms with Crippen LogP contribution in [0.1, 0.15) is 30.0 Å². The van der Waals surface area contributed by atoms with Gasteiger partial charge in [-0.25, -0.2) is 0 Å². The summed E-state index contributed by atoms with van der Waals surface area (Å²) in [6.07, 6.45) is 5.48. The number of methoxy groups -OCH3 is 2. The van der Waals surface area contributed by atoms with Crippen LogP contribution in [0.4, 0.5) is 0 Å². The second kappa shape index (κ2) is 8.25. The molecule has 126 valence electrons. The van der Waals surface area contributed by atoms with Crippen molar-refractivity contribution in [2.24, 2.45) is 0 Å². The molecule has 3 heteroatoms. The number of hydrogen-bond acceptors (Lipinski definition) is 3. The van der Waals surface area contributed by atoms with Gasteiger partial charge in [0.2, 0.25) is 0 Å². The normalized spacial score (nSPS) is 10.8. The Morgan fingerprint density at radius 1 is 1.04 bits per heavy atom. The van der Waals surface area contributed by atoms with E-state index in [0.29, 0.717) is 12.2 Å². The molecule has 0 fully saturated rings. The van der Waals surface area contributed by atoms with E-state index in [1.54, 1.807) is 20.3 Å². The molecule has 0 aliphatic heterocycles. The SMILES string of the molecule is C=C(C)CCc1c(O)cc(C=Cc2ccc(OC)cc2)cc1OC. The van der Waals surface area contributed by atoms with Gasteiger partial charge in [-0.15, -0.1) is 6.58 Å². The zero-order valence-corrected chi connectivity index (χ0v) is 14.5. The second-order valence-corrected chi connectivity index (χ2v) is 5.78. The highest BCUT2D eigenvalue weighted by Gasteiger charge is 2.10. The van der Waals surface area contributed by atoms with Crippen molar-refractivity contribution in [2.75, 3.05) is 14.2 Å². The Hall–Kier alpha value is -2.68. The Bertz CT molecular complexity index is 727. The van der Waals surface area contributed by atoms with Gasteiger partial charge in [0, 0.05) is 5.56 Å². The molecular weight excluding hydrogens is 300 g/mol. The predicted octanol–water partition coefficient (Wildman–Crippen LogP) is 5.09. The van der Waals surface area contributed by atoms with Crippen LogP contribution in [0, 0.1) is 0 Å². The van der Waals surface area contributed by atoms with Crippen molar-refractivity contribution in [1.29, 1.82) is 0 Å². The summed E-state index contributed by atoms with van der Waals surface area (Å²) in [6, 6.07) is 11.5. The first-order valence-corrected chi connectivity index (χ1v) is 7.90. The third-order valence-electron chi connectivity index (χ3n) is 3.81. The van der Waals surface area contributed by atoms with E-state index in [-0.39, 0.29) is 5.75 Å². The van der Waals surface area contributed by atoms with Crippen LogP contribution in [0.2, 0.25) is 0 Å². The lowest BCUT2D eigenvalue weighted by molar-refractivity contribution is 0.399. The van der Waals surface area contributed by atoms with Crippen molar-refractivity contribution in [3.05, 3.63) is 65.2 Å². The molecule has 24 heavy (non-hydrogen) atoms. The lowest BCUT2D eigenvalue weighted by Gasteiger charge is -2.12. The van der Waals surface area contributed by atoms with Crippen LogP contribution >= 0.6 is 0 Å². The Labute approximate surface area is 143 Å². The first kappa shape index (κ1) is 17.7. The molecule has 0 saturated heterocycles. The van der Waals surface area contributed by atoms with E-state index in [4.69, 9.17) is 9.47 Å². The van der Waals surface area contributed by atoms with Gasteiger partial charge in [-0.3, -0.25) is 0 Å². The van der Waals surface area contributed by atoms with Crippen molar-refractivity contribution < 1.29 is 14.6 Å². The number of phenolic OH excluding ortho intramolecular Hbond substituents is 1. The molecule has 0 aromatic heterocycles. The maximum Gasteiger partial charge on any atom is 0.126 e. The van der Waals surface area contributed by atoms with Gasteiger partial charge in [0.05, 0.1) is 14.2 Å². The van der Waals surface area contributed by atoms with E-state index in [1.165, 1.54) is 0 Å². The fourth-order valence-corrected chi connectivity index (χ4v) is 2.43. The van der Waals surface area contributed by atoms with Crippen molar-refractivity contribution in [2.45, 2.75) is 19.8 Å². The van der Waals surface area contributed by atoms with Gasteiger partial charge >= 0.3 is 0 Å².